The molecular formula is C17H20O4. The number of aliphatic carboxylic acids is 2. The van der Waals surface area contributed by atoms with Gasteiger partial charge in [0.25, 0.3) is 0 Å². The lowest BCUT2D eigenvalue weighted by atomic mass is 9.73. The maximum Gasteiger partial charge on any atom is 0.332 e. The zero-order chi connectivity index (χ0) is 15.2. The summed E-state index contributed by atoms with van der Waals surface area (Å²) in [6.07, 6.45) is 6.08. The third-order valence-electron chi connectivity index (χ3n) is 4.14. The summed E-state index contributed by atoms with van der Waals surface area (Å²) < 4.78 is 0. The second-order valence-electron chi connectivity index (χ2n) is 5.53. The minimum atomic E-state index is -1.20. The van der Waals surface area contributed by atoms with Crippen molar-refractivity contribution in [1.82, 2.24) is 0 Å². The Hall–Kier alpha value is -2.10. The van der Waals surface area contributed by atoms with E-state index in [-0.39, 0.29) is 17.4 Å². The first-order valence-corrected chi connectivity index (χ1v) is 7.32. The summed E-state index contributed by atoms with van der Waals surface area (Å²) in [4.78, 5) is 22.6. The molecule has 1 aromatic rings. The molecule has 0 radical (unpaired) electrons. The highest BCUT2D eigenvalue weighted by atomic mass is 16.4. The number of carbonyl (C=O) groups is 2. The van der Waals surface area contributed by atoms with Gasteiger partial charge in [0.15, 0.2) is 0 Å². The van der Waals surface area contributed by atoms with Crippen molar-refractivity contribution >= 4 is 11.9 Å². The molecule has 1 aliphatic rings. The first-order valence-electron chi connectivity index (χ1n) is 7.32. The van der Waals surface area contributed by atoms with E-state index in [0.717, 1.165) is 37.3 Å². The van der Waals surface area contributed by atoms with Crippen molar-refractivity contribution in [2.45, 2.75) is 38.0 Å². The summed E-state index contributed by atoms with van der Waals surface area (Å²) in [6, 6.07) is 9.38. The molecule has 4 heteroatoms. The summed E-state index contributed by atoms with van der Waals surface area (Å²) in [6.45, 7) is 0. The van der Waals surface area contributed by atoms with E-state index < -0.39 is 11.9 Å². The summed E-state index contributed by atoms with van der Waals surface area (Å²) in [5, 5.41) is 18.4. The molecule has 1 unspecified atom stereocenters. The topological polar surface area (TPSA) is 74.6 Å². The summed E-state index contributed by atoms with van der Waals surface area (Å²) in [5.41, 5.74) is 0.875. The maximum atomic E-state index is 11.6. The number of carboxylic acid groups (broad SMARTS) is 2. The Kier molecular flexibility index (Phi) is 5.14. The van der Waals surface area contributed by atoms with Crippen LogP contribution in [0.3, 0.4) is 0 Å². The van der Waals surface area contributed by atoms with E-state index in [1.165, 1.54) is 6.42 Å². The van der Waals surface area contributed by atoms with Crippen LogP contribution in [0.25, 0.3) is 0 Å². The summed E-state index contributed by atoms with van der Waals surface area (Å²) in [5.74, 6) is -2.50. The van der Waals surface area contributed by atoms with Crippen LogP contribution in [0.5, 0.6) is 0 Å². The highest BCUT2D eigenvalue weighted by Crippen LogP contribution is 2.40. The highest BCUT2D eigenvalue weighted by molar-refractivity contribution is 5.96. The second kappa shape index (κ2) is 7.07. The van der Waals surface area contributed by atoms with Gasteiger partial charge in [-0.2, -0.15) is 0 Å². The molecule has 1 saturated carbocycles. The summed E-state index contributed by atoms with van der Waals surface area (Å²) in [7, 11) is 0. The van der Waals surface area contributed by atoms with Gasteiger partial charge < -0.3 is 10.2 Å². The number of hydrogen-bond donors (Lipinski definition) is 2. The molecule has 0 heterocycles. The van der Waals surface area contributed by atoms with Crippen LogP contribution < -0.4 is 0 Å². The number of rotatable bonds is 5. The molecule has 1 fully saturated rings. The van der Waals surface area contributed by atoms with E-state index in [1.54, 1.807) is 0 Å². The molecular weight excluding hydrogens is 268 g/mol. The van der Waals surface area contributed by atoms with Gasteiger partial charge in [-0.1, -0.05) is 49.6 Å². The third kappa shape index (κ3) is 3.94. The van der Waals surface area contributed by atoms with Crippen LogP contribution in [0, 0.1) is 5.92 Å². The van der Waals surface area contributed by atoms with Gasteiger partial charge in [0, 0.05) is 12.0 Å². The van der Waals surface area contributed by atoms with Crippen molar-refractivity contribution in [2.24, 2.45) is 5.92 Å². The SMILES string of the molecule is O=C(O)/C=C(/C(=O)O)C(c1ccccc1)C1CCCCC1. The summed E-state index contributed by atoms with van der Waals surface area (Å²) >= 11 is 0. The van der Waals surface area contributed by atoms with Gasteiger partial charge in [-0.15, -0.1) is 0 Å². The average molecular weight is 288 g/mol. The molecule has 112 valence electrons. The first kappa shape index (κ1) is 15.3. The van der Waals surface area contributed by atoms with Crippen LogP contribution in [-0.2, 0) is 9.59 Å². The van der Waals surface area contributed by atoms with E-state index in [0.29, 0.717) is 0 Å². The fourth-order valence-corrected chi connectivity index (χ4v) is 3.25. The number of hydrogen-bond acceptors (Lipinski definition) is 2. The lowest BCUT2D eigenvalue weighted by Crippen LogP contribution is -2.23. The standard InChI is InChI=1S/C17H20O4/c18-15(19)11-14(17(20)21)16(12-7-3-1-4-8-12)13-9-5-2-6-10-13/h1,3-4,7-8,11,13,16H,2,5-6,9-10H2,(H,18,19)(H,20,21)/b14-11+. The molecule has 0 aliphatic heterocycles. The van der Waals surface area contributed by atoms with Crippen LogP contribution in [0.2, 0.25) is 0 Å². The largest absolute Gasteiger partial charge is 0.478 e. The van der Waals surface area contributed by atoms with Crippen molar-refractivity contribution in [1.29, 1.82) is 0 Å². The Balaban J connectivity index is 2.43. The number of carboxylic acids is 2. The van der Waals surface area contributed by atoms with E-state index >= 15 is 0 Å². The number of benzene rings is 1. The minimum Gasteiger partial charge on any atom is -0.478 e. The quantitative estimate of drug-likeness (QED) is 0.814. The van der Waals surface area contributed by atoms with Gasteiger partial charge in [0.1, 0.15) is 0 Å². The maximum absolute atomic E-state index is 11.6. The predicted molar refractivity (Wildman–Crippen MR) is 79.1 cm³/mol. The molecule has 1 atom stereocenters. The Morgan fingerprint density at radius 1 is 1.05 bits per heavy atom. The van der Waals surface area contributed by atoms with Crippen molar-refractivity contribution in [3.8, 4) is 0 Å². The minimum absolute atomic E-state index is 0.0133. The molecule has 0 bridgehead atoms. The van der Waals surface area contributed by atoms with Crippen molar-refractivity contribution in [3.63, 3.8) is 0 Å². The normalized spacial score (nSPS) is 18.2. The molecule has 2 N–H and O–H groups in total. The fourth-order valence-electron chi connectivity index (χ4n) is 3.25. The van der Waals surface area contributed by atoms with Gasteiger partial charge in [-0.3, -0.25) is 0 Å². The van der Waals surface area contributed by atoms with E-state index in [4.69, 9.17) is 5.11 Å². The molecule has 1 aromatic carbocycles. The van der Waals surface area contributed by atoms with Crippen molar-refractivity contribution < 1.29 is 19.8 Å². The van der Waals surface area contributed by atoms with Gasteiger partial charge in [0.2, 0.25) is 0 Å². The Bertz CT molecular complexity index is 527. The highest BCUT2D eigenvalue weighted by Gasteiger charge is 2.31. The van der Waals surface area contributed by atoms with Gasteiger partial charge in [-0.25, -0.2) is 9.59 Å². The van der Waals surface area contributed by atoms with Crippen molar-refractivity contribution in [2.75, 3.05) is 0 Å². The smallest absolute Gasteiger partial charge is 0.332 e. The van der Waals surface area contributed by atoms with Crippen LogP contribution >= 0.6 is 0 Å². The lowest BCUT2D eigenvalue weighted by molar-refractivity contribution is -0.135. The molecule has 1 aliphatic carbocycles. The Morgan fingerprint density at radius 2 is 1.67 bits per heavy atom. The molecule has 0 amide bonds. The Morgan fingerprint density at radius 3 is 2.19 bits per heavy atom. The lowest BCUT2D eigenvalue weighted by Gasteiger charge is -2.31. The zero-order valence-corrected chi connectivity index (χ0v) is 11.9. The van der Waals surface area contributed by atoms with E-state index in [2.05, 4.69) is 0 Å². The van der Waals surface area contributed by atoms with Gasteiger partial charge in [0.05, 0.1) is 5.57 Å². The monoisotopic (exact) mass is 288 g/mol. The third-order valence-corrected chi connectivity index (χ3v) is 4.14. The molecule has 21 heavy (non-hydrogen) atoms. The van der Waals surface area contributed by atoms with E-state index in [1.807, 2.05) is 30.3 Å². The molecule has 0 saturated heterocycles. The first-order chi connectivity index (χ1) is 10.1. The van der Waals surface area contributed by atoms with Crippen LogP contribution in [0.1, 0.15) is 43.6 Å². The molecule has 0 spiro atoms. The average Bonchev–Trinajstić information content (AvgIpc) is 2.48. The van der Waals surface area contributed by atoms with Gasteiger partial charge >= 0.3 is 11.9 Å². The van der Waals surface area contributed by atoms with Gasteiger partial charge in [-0.05, 0) is 24.3 Å². The molecule has 0 aromatic heterocycles. The molecule has 4 nitrogen and oxygen atoms in total. The zero-order valence-electron chi connectivity index (χ0n) is 11.9. The fraction of sp³-hybridized carbons (Fsp3) is 0.412. The van der Waals surface area contributed by atoms with Crippen LogP contribution in [-0.4, -0.2) is 22.2 Å². The Labute approximate surface area is 124 Å². The second-order valence-corrected chi connectivity index (χ2v) is 5.53. The molecule has 2 rings (SSSR count). The van der Waals surface area contributed by atoms with Crippen LogP contribution in [0.4, 0.5) is 0 Å². The predicted octanol–water partition coefficient (Wildman–Crippen LogP) is 3.45. The van der Waals surface area contributed by atoms with Crippen molar-refractivity contribution in [3.05, 3.63) is 47.5 Å². The van der Waals surface area contributed by atoms with Crippen LogP contribution in [0.15, 0.2) is 42.0 Å². The van der Waals surface area contributed by atoms with E-state index in [9.17, 15) is 14.7 Å².